The van der Waals surface area contributed by atoms with Gasteiger partial charge in [-0.15, -0.1) is 0 Å². The molecule has 1 aliphatic heterocycles. The van der Waals surface area contributed by atoms with Gasteiger partial charge in [-0.2, -0.15) is 0 Å². The largest absolute Gasteiger partial charge is 0.377 e. The van der Waals surface area contributed by atoms with Gasteiger partial charge in [-0.1, -0.05) is 6.92 Å². The lowest BCUT2D eigenvalue weighted by molar-refractivity contribution is 0.0754. The van der Waals surface area contributed by atoms with Crippen LogP contribution in [0.1, 0.15) is 32.6 Å². The van der Waals surface area contributed by atoms with Crippen molar-refractivity contribution in [1.29, 1.82) is 0 Å². The lowest BCUT2D eigenvalue weighted by atomic mass is 10.0. The summed E-state index contributed by atoms with van der Waals surface area (Å²) in [5.41, 5.74) is 2.73. The molecule has 1 aliphatic rings. The Hall–Kier alpha value is -0.170. The quantitative estimate of drug-likeness (QED) is 0.499. The van der Waals surface area contributed by atoms with E-state index in [0.717, 1.165) is 25.9 Å². The van der Waals surface area contributed by atoms with E-state index >= 15 is 0 Å². The monoisotopic (exact) mass is 250 g/mol. The molecule has 16 heavy (non-hydrogen) atoms. The Balaban J connectivity index is 2.29. The number of rotatable bonds is 7. The first-order valence-electron chi connectivity index (χ1n) is 5.87. The van der Waals surface area contributed by atoms with Gasteiger partial charge < -0.3 is 4.74 Å². The van der Waals surface area contributed by atoms with Crippen LogP contribution in [0.5, 0.6) is 0 Å². The maximum Gasteiger partial charge on any atom is 0.150 e. The third kappa shape index (κ3) is 4.37. The molecular formula is C10H22N2O3S. The molecule has 1 fully saturated rings. The number of hydrazine groups is 1. The molecule has 5 nitrogen and oxygen atoms in total. The van der Waals surface area contributed by atoms with Crippen molar-refractivity contribution in [3.05, 3.63) is 0 Å². The summed E-state index contributed by atoms with van der Waals surface area (Å²) >= 11 is 0. The van der Waals surface area contributed by atoms with Crippen molar-refractivity contribution in [2.24, 2.45) is 5.84 Å². The summed E-state index contributed by atoms with van der Waals surface area (Å²) in [6.07, 6.45) is 3.62. The summed E-state index contributed by atoms with van der Waals surface area (Å²) in [6, 6.07) is 0.0783. The van der Waals surface area contributed by atoms with Gasteiger partial charge in [0.1, 0.15) is 9.84 Å². The highest BCUT2D eigenvalue weighted by molar-refractivity contribution is 7.91. The fourth-order valence-electron chi connectivity index (χ4n) is 1.96. The maximum atomic E-state index is 11.3. The van der Waals surface area contributed by atoms with Crippen molar-refractivity contribution < 1.29 is 13.2 Å². The highest BCUT2D eigenvalue weighted by atomic mass is 32.2. The van der Waals surface area contributed by atoms with Gasteiger partial charge in [-0.25, -0.2) is 8.42 Å². The first kappa shape index (κ1) is 13.9. The van der Waals surface area contributed by atoms with E-state index in [1.54, 1.807) is 6.92 Å². The Morgan fingerprint density at radius 3 is 2.81 bits per heavy atom. The van der Waals surface area contributed by atoms with Crippen LogP contribution in [0.25, 0.3) is 0 Å². The summed E-state index contributed by atoms with van der Waals surface area (Å²) < 4.78 is 28.1. The fourth-order valence-corrected chi connectivity index (χ4v) is 2.86. The third-order valence-corrected chi connectivity index (χ3v) is 4.83. The van der Waals surface area contributed by atoms with Gasteiger partial charge in [0.25, 0.3) is 0 Å². The van der Waals surface area contributed by atoms with Crippen LogP contribution in [0.3, 0.4) is 0 Å². The lowest BCUT2D eigenvalue weighted by Gasteiger charge is -2.21. The number of nitrogens with two attached hydrogens (primary N) is 1. The van der Waals surface area contributed by atoms with Gasteiger partial charge in [0.2, 0.25) is 0 Å². The number of hydrogen-bond donors (Lipinski definition) is 2. The zero-order valence-corrected chi connectivity index (χ0v) is 10.6. The van der Waals surface area contributed by atoms with Crippen molar-refractivity contribution >= 4 is 9.84 Å². The molecule has 0 aromatic heterocycles. The number of sulfone groups is 1. The van der Waals surface area contributed by atoms with E-state index in [1.807, 2.05) is 0 Å². The molecule has 1 saturated heterocycles. The molecule has 1 heterocycles. The second kappa shape index (κ2) is 6.54. The summed E-state index contributed by atoms with van der Waals surface area (Å²) in [5.74, 6) is 5.92. The van der Waals surface area contributed by atoms with E-state index < -0.39 is 9.84 Å². The number of ether oxygens (including phenoxy) is 1. The van der Waals surface area contributed by atoms with Gasteiger partial charge in [0.15, 0.2) is 0 Å². The Bertz CT molecular complexity index is 286. The molecule has 1 rings (SSSR count). The van der Waals surface area contributed by atoms with E-state index in [-0.39, 0.29) is 23.7 Å². The van der Waals surface area contributed by atoms with Crippen LogP contribution < -0.4 is 11.3 Å². The summed E-state index contributed by atoms with van der Waals surface area (Å²) in [7, 11) is -2.86. The van der Waals surface area contributed by atoms with E-state index in [1.165, 1.54) is 0 Å². The highest BCUT2D eigenvalue weighted by Gasteiger charge is 2.24. The summed E-state index contributed by atoms with van der Waals surface area (Å²) in [5, 5.41) is 0. The van der Waals surface area contributed by atoms with Crippen molar-refractivity contribution in [1.82, 2.24) is 5.43 Å². The van der Waals surface area contributed by atoms with Crippen molar-refractivity contribution in [2.75, 3.05) is 18.1 Å². The number of hydrogen-bond acceptors (Lipinski definition) is 5. The second-order valence-corrected chi connectivity index (χ2v) is 6.68. The SMILES string of the molecule is CCS(=O)(=O)CCCC(NN)C1CCCO1. The Labute approximate surface area is 97.6 Å². The van der Waals surface area contributed by atoms with Crippen LogP contribution in [-0.4, -0.2) is 38.7 Å². The molecule has 0 bridgehead atoms. The Morgan fingerprint density at radius 1 is 1.56 bits per heavy atom. The van der Waals surface area contributed by atoms with Gasteiger partial charge >= 0.3 is 0 Å². The van der Waals surface area contributed by atoms with Crippen molar-refractivity contribution in [3.8, 4) is 0 Å². The molecular weight excluding hydrogens is 228 g/mol. The van der Waals surface area contributed by atoms with Crippen LogP contribution in [0.15, 0.2) is 0 Å². The molecule has 0 radical (unpaired) electrons. The number of nitrogens with one attached hydrogen (secondary N) is 1. The van der Waals surface area contributed by atoms with Crippen molar-refractivity contribution in [3.63, 3.8) is 0 Å². The molecule has 3 N–H and O–H groups in total. The molecule has 0 amide bonds. The molecule has 0 aromatic rings. The van der Waals surface area contributed by atoms with Crippen molar-refractivity contribution in [2.45, 2.75) is 44.8 Å². The molecule has 0 spiro atoms. The normalized spacial score (nSPS) is 23.5. The Morgan fingerprint density at radius 2 is 2.31 bits per heavy atom. The maximum absolute atomic E-state index is 11.3. The zero-order valence-electron chi connectivity index (χ0n) is 9.81. The molecule has 0 aromatic carbocycles. The second-order valence-electron chi connectivity index (χ2n) is 4.20. The Kier molecular flexibility index (Phi) is 5.68. The summed E-state index contributed by atoms with van der Waals surface area (Å²) in [6.45, 7) is 2.46. The van der Waals surface area contributed by atoms with Gasteiger partial charge in [-0.05, 0) is 25.7 Å². The standard InChI is InChI=1S/C10H22N2O3S/c1-2-16(13,14)8-4-5-9(12-11)10-6-3-7-15-10/h9-10,12H,2-8,11H2,1H3. The van der Waals surface area contributed by atoms with Crippen LogP contribution >= 0.6 is 0 Å². The first-order chi connectivity index (χ1) is 7.59. The average Bonchev–Trinajstić information content (AvgIpc) is 2.78. The first-order valence-corrected chi connectivity index (χ1v) is 7.69. The van der Waals surface area contributed by atoms with Gasteiger partial charge in [0, 0.05) is 18.4 Å². The van der Waals surface area contributed by atoms with Crippen LogP contribution in [-0.2, 0) is 14.6 Å². The van der Waals surface area contributed by atoms with Gasteiger partial charge in [0.05, 0.1) is 11.9 Å². The van der Waals surface area contributed by atoms with Crippen LogP contribution in [0, 0.1) is 0 Å². The van der Waals surface area contributed by atoms with Crippen LogP contribution in [0.2, 0.25) is 0 Å². The lowest BCUT2D eigenvalue weighted by Crippen LogP contribution is -2.43. The minimum absolute atomic E-state index is 0.0783. The van der Waals surface area contributed by atoms with E-state index in [2.05, 4.69) is 5.43 Å². The minimum Gasteiger partial charge on any atom is -0.377 e. The fraction of sp³-hybridized carbons (Fsp3) is 1.00. The molecule has 6 heteroatoms. The molecule has 2 atom stereocenters. The zero-order chi connectivity index (χ0) is 12.0. The van der Waals surface area contributed by atoms with E-state index in [9.17, 15) is 8.42 Å². The summed E-state index contributed by atoms with van der Waals surface area (Å²) in [4.78, 5) is 0. The smallest absolute Gasteiger partial charge is 0.150 e. The van der Waals surface area contributed by atoms with Gasteiger partial charge in [-0.3, -0.25) is 11.3 Å². The molecule has 0 aliphatic carbocycles. The predicted molar refractivity (Wildman–Crippen MR) is 63.6 cm³/mol. The average molecular weight is 250 g/mol. The predicted octanol–water partition coefficient (Wildman–Crippen LogP) is 0.212. The van der Waals surface area contributed by atoms with E-state index in [4.69, 9.17) is 10.6 Å². The minimum atomic E-state index is -2.86. The molecule has 2 unspecified atom stereocenters. The highest BCUT2D eigenvalue weighted by Crippen LogP contribution is 2.18. The topological polar surface area (TPSA) is 81.4 Å². The third-order valence-electron chi connectivity index (χ3n) is 3.04. The molecule has 96 valence electrons. The van der Waals surface area contributed by atoms with E-state index in [0.29, 0.717) is 6.42 Å². The molecule has 0 saturated carbocycles. The van der Waals surface area contributed by atoms with Crippen LogP contribution in [0.4, 0.5) is 0 Å².